The number of carbonyl (C=O) groups excluding carboxylic acids is 1. The summed E-state index contributed by atoms with van der Waals surface area (Å²) in [6, 6.07) is 14.7. The molecule has 3 aromatic rings. The van der Waals surface area contributed by atoms with E-state index in [0.717, 1.165) is 27.7 Å². The molecule has 1 amide bonds. The molecular formula is C21H23FN2O. The lowest BCUT2D eigenvalue weighted by Gasteiger charge is -2.21. The molecule has 0 atom stereocenters. The predicted octanol–water partition coefficient (Wildman–Crippen LogP) is 4.77. The predicted molar refractivity (Wildman–Crippen MR) is 99.9 cm³/mol. The molecule has 2 aromatic carbocycles. The van der Waals surface area contributed by atoms with Gasteiger partial charge >= 0.3 is 0 Å². The molecule has 0 bridgehead atoms. The number of hydrogen-bond donors (Lipinski definition) is 1. The van der Waals surface area contributed by atoms with Gasteiger partial charge in [0.2, 0.25) is 5.91 Å². The number of halogens is 1. The normalized spacial score (nSPS) is 11.2. The van der Waals surface area contributed by atoms with Crippen molar-refractivity contribution in [1.82, 2.24) is 9.88 Å². The molecule has 0 unspecified atom stereocenters. The highest BCUT2D eigenvalue weighted by Gasteiger charge is 2.17. The lowest BCUT2D eigenvalue weighted by atomic mass is 10.0. The van der Waals surface area contributed by atoms with Crippen molar-refractivity contribution < 1.29 is 9.18 Å². The number of aryl methyl sites for hydroxylation is 1. The van der Waals surface area contributed by atoms with Gasteiger partial charge in [-0.25, -0.2) is 4.39 Å². The van der Waals surface area contributed by atoms with Crippen LogP contribution in [0.3, 0.4) is 0 Å². The topological polar surface area (TPSA) is 36.1 Å². The van der Waals surface area contributed by atoms with E-state index in [-0.39, 0.29) is 17.8 Å². The molecule has 130 valence electrons. The molecule has 0 radical (unpaired) electrons. The average Bonchev–Trinajstić information content (AvgIpc) is 2.98. The van der Waals surface area contributed by atoms with Crippen LogP contribution in [0.4, 0.5) is 4.39 Å². The summed E-state index contributed by atoms with van der Waals surface area (Å²) in [4.78, 5) is 17.6. The third kappa shape index (κ3) is 3.58. The number of para-hydroxylation sites is 1. The first kappa shape index (κ1) is 17.2. The number of fused-ring (bicyclic) bond motifs is 1. The number of rotatable bonds is 5. The Balaban J connectivity index is 1.96. The Kier molecular flexibility index (Phi) is 4.88. The fraction of sp³-hybridized carbons (Fsp3) is 0.286. The molecule has 3 nitrogen and oxygen atoms in total. The Labute approximate surface area is 147 Å². The second-order valence-corrected chi connectivity index (χ2v) is 6.63. The Bertz CT molecular complexity index is 881. The highest BCUT2D eigenvalue weighted by molar-refractivity contribution is 5.91. The van der Waals surface area contributed by atoms with E-state index >= 15 is 0 Å². The number of aromatic nitrogens is 1. The second kappa shape index (κ2) is 7.09. The van der Waals surface area contributed by atoms with Crippen molar-refractivity contribution in [3.05, 3.63) is 59.9 Å². The van der Waals surface area contributed by atoms with Gasteiger partial charge in [0.05, 0.1) is 0 Å². The highest BCUT2D eigenvalue weighted by atomic mass is 19.1. The zero-order valence-electron chi connectivity index (χ0n) is 14.8. The van der Waals surface area contributed by atoms with E-state index in [9.17, 15) is 9.18 Å². The van der Waals surface area contributed by atoms with Crippen LogP contribution in [0.1, 0.15) is 25.8 Å². The molecule has 3 rings (SSSR count). The minimum absolute atomic E-state index is 0.130. The van der Waals surface area contributed by atoms with Crippen molar-refractivity contribution in [2.75, 3.05) is 7.05 Å². The maximum Gasteiger partial charge on any atom is 0.222 e. The lowest BCUT2D eigenvalue weighted by Crippen LogP contribution is -2.33. The number of nitrogens with one attached hydrogen (secondary N) is 1. The van der Waals surface area contributed by atoms with Crippen LogP contribution in [0.5, 0.6) is 0 Å². The first-order valence-electron chi connectivity index (χ1n) is 8.58. The first-order chi connectivity index (χ1) is 12.0. The van der Waals surface area contributed by atoms with Crippen LogP contribution in [0, 0.1) is 5.82 Å². The summed E-state index contributed by atoms with van der Waals surface area (Å²) in [5, 5.41) is 1.11. The van der Waals surface area contributed by atoms with E-state index < -0.39 is 0 Å². The summed E-state index contributed by atoms with van der Waals surface area (Å²) in [6.07, 6.45) is 1.09. The van der Waals surface area contributed by atoms with Crippen molar-refractivity contribution in [2.24, 2.45) is 0 Å². The number of H-pyrrole nitrogens is 1. The maximum absolute atomic E-state index is 13.3. The second-order valence-electron chi connectivity index (χ2n) is 6.63. The SMILES string of the molecule is CC(C)N(C)C(=O)CCc1c(-c2ccc(F)cc2)[nH]c2ccccc12. The van der Waals surface area contributed by atoms with E-state index in [1.165, 1.54) is 12.1 Å². The molecule has 0 fully saturated rings. The van der Waals surface area contributed by atoms with Gasteiger partial charge in [-0.3, -0.25) is 4.79 Å². The van der Waals surface area contributed by atoms with Crippen LogP contribution in [0.25, 0.3) is 22.2 Å². The van der Waals surface area contributed by atoms with Gasteiger partial charge in [0, 0.05) is 36.1 Å². The Morgan fingerprint density at radius 1 is 1.12 bits per heavy atom. The monoisotopic (exact) mass is 338 g/mol. The maximum atomic E-state index is 13.3. The van der Waals surface area contributed by atoms with Gasteiger partial charge in [-0.05, 0) is 61.7 Å². The standard InChI is InChI=1S/C21H23FN2O/c1-14(2)24(3)20(25)13-12-18-17-6-4-5-7-19(17)23-21(18)15-8-10-16(22)11-9-15/h4-11,14,23H,12-13H2,1-3H3. The Morgan fingerprint density at radius 3 is 2.48 bits per heavy atom. The molecule has 0 saturated carbocycles. The fourth-order valence-corrected chi connectivity index (χ4v) is 3.02. The van der Waals surface area contributed by atoms with Gasteiger partial charge < -0.3 is 9.88 Å². The number of benzene rings is 2. The van der Waals surface area contributed by atoms with Crippen LogP contribution in [0.15, 0.2) is 48.5 Å². The van der Waals surface area contributed by atoms with Crippen LogP contribution in [-0.4, -0.2) is 28.9 Å². The van der Waals surface area contributed by atoms with Crippen LogP contribution < -0.4 is 0 Å². The van der Waals surface area contributed by atoms with E-state index in [1.54, 1.807) is 17.0 Å². The molecule has 1 heterocycles. The van der Waals surface area contributed by atoms with Crippen molar-refractivity contribution in [1.29, 1.82) is 0 Å². The van der Waals surface area contributed by atoms with Crippen molar-refractivity contribution in [3.63, 3.8) is 0 Å². The molecule has 1 aromatic heterocycles. The van der Waals surface area contributed by atoms with E-state index in [1.807, 2.05) is 39.1 Å². The summed E-state index contributed by atoms with van der Waals surface area (Å²) in [5.74, 6) is -0.125. The van der Waals surface area contributed by atoms with Gasteiger partial charge in [0.1, 0.15) is 5.82 Å². The zero-order valence-corrected chi connectivity index (χ0v) is 14.8. The van der Waals surface area contributed by atoms with Gasteiger partial charge in [-0.2, -0.15) is 0 Å². The van der Waals surface area contributed by atoms with Gasteiger partial charge in [-0.1, -0.05) is 18.2 Å². The first-order valence-corrected chi connectivity index (χ1v) is 8.58. The number of nitrogens with zero attached hydrogens (tertiary/aromatic N) is 1. The summed E-state index contributed by atoms with van der Waals surface area (Å²) >= 11 is 0. The van der Waals surface area contributed by atoms with E-state index in [2.05, 4.69) is 11.1 Å². The van der Waals surface area contributed by atoms with E-state index in [4.69, 9.17) is 0 Å². The van der Waals surface area contributed by atoms with Crippen molar-refractivity contribution in [2.45, 2.75) is 32.7 Å². The molecule has 4 heteroatoms. The Hall–Kier alpha value is -2.62. The molecule has 1 N–H and O–H groups in total. The molecular weight excluding hydrogens is 315 g/mol. The molecule has 0 saturated heterocycles. The molecule has 25 heavy (non-hydrogen) atoms. The molecule has 0 spiro atoms. The molecule has 0 aliphatic carbocycles. The lowest BCUT2D eigenvalue weighted by molar-refractivity contribution is -0.131. The summed E-state index contributed by atoms with van der Waals surface area (Å²) < 4.78 is 13.3. The van der Waals surface area contributed by atoms with Gasteiger partial charge in [-0.15, -0.1) is 0 Å². The third-order valence-electron chi connectivity index (χ3n) is 4.70. The average molecular weight is 338 g/mol. The largest absolute Gasteiger partial charge is 0.354 e. The number of hydrogen-bond acceptors (Lipinski definition) is 1. The van der Waals surface area contributed by atoms with Crippen LogP contribution in [-0.2, 0) is 11.2 Å². The van der Waals surface area contributed by atoms with Crippen LogP contribution >= 0.6 is 0 Å². The van der Waals surface area contributed by atoms with E-state index in [0.29, 0.717) is 12.8 Å². The fourth-order valence-electron chi connectivity index (χ4n) is 3.02. The summed E-state index contributed by atoms with van der Waals surface area (Å²) in [7, 11) is 1.84. The number of amides is 1. The zero-order chi connectivity index (χ0) is 18.0. The van der Waals surface area contributed by atoms with Crippen molar-refractivity contribution >= 4 is 16.8 Å². The number of aromatic amines is 1. The van der Waals surface area contributed by atoms with Gasteiger partial charge in [0.15, 0.2) is 0 Å². The Morgan fingerprint density at radius 2 is 1.80 bits per heavy atom. The molecule has 0 aliphatic rings. The smallest absolute Gasteiger partial charge is 0.222 e. The summed E-state index contributed by atoms with van der Waals surface area (Å²) in [5.41, 5.74) is 4.02. The minimum atomic E-state index is -0.254. The molecule has 0 aliphatic heterocycles. The van der Waals surface area contributed by atoms with Gasteiger partial charge in [0.25, 0.3) is 0 Å². The third-order valence-corrected chi connectivity index (χ3v) is 4.70. The van der Waals surface area contributed by atoms with Crippen LogP contribution in [0.2, 0.25) is 0 Å². The highest BCUT2D eigenvalue weighted by Crippen LogP contribution is 2.31. The minimum Gasteiger partial charge on any atom is -0.354 e. The van der Waals surface area contributed by atoms with Crippen molar-refractivity contribution in [3.8, 4) is 11.3 Å². The summed E-state index contributed by atoms with van der Waals surface area (Å²) in [6.45, 7) is 4.01. The number of carbonyl (C=O) groups is 1. The quantitative estimate of drug-likeness (QED) is 0.714.